The molecule has 0 amide bonds. The lowest BCUT2D eigenvalue weighted by molar-refractivity contribution is 0.746. The van der Waals surface area contributed by atoms with Crippen LogP contribution in [0.4, 0.5) is 0 Å². The van der Waals surface area contributed by atoms with Gasteiger partial charge in [-0.15, -0.1) is 0 Å². The Morgan fingerprint density at radius 3 is 2.67 bits per heavy atom. The van der Waals surface area contributed by atoms with Crippen LogP contribution in [0, 0.1) is 20.8 Å². The Labute approximate surface area is 106 Å². The van der Waals surface area contributed by atoms with Gasteiger partial charge in [-0.1, -0.05) is 12.1 Å². The first-order valence-electron chi connectivity index (χ1n) is 5.91. The molecule has 1 aromatic carbocycles. The summed E-state index contributed by atoms with van der Waals surface area (Å²) in [5, 5.41) is 4.34. The topological polar surface area (TPSA) is 60.9 Å². The molecule has 4 heteroatoms. The minimum atomic E-state index is -0.100. The van der Waals surface area contributed by atoms with Gasteiger partial charge in [0.2, 0.25) is 5.43 Å². The van der Waals surface area contributed by atoms with Crippen molar-refractivity contribution in [2.45, 2.75) is 27.3 Å². The van der Waals surface area contributed by atoms with Crippen LogP contribution in [0.15, 0.2) is 29.1 Å². The maximum Gasteiger partial charge on any atom is 0.204 e. The lowest BCUT2D eigenvalue weighted by atomic mass is 10.1. The van der Waals surface area contributed by atoms with E-state index in [-0.39, 0.29) is 12.0 Å². The zero-order valence-corrected chi connectivity index (χ0v) is 10.9. The number of aromatic nitrogens is 2. The molecule has 4 nitrogen and oxygen atoms in total. The zero-order valence-electron chi connectivity index (χ0n) is 10.9. The van der Waals surface area contributed by atoms with Crippen molar-refractivity contribution in [1.82, 2.24) is 9.78 Å². The third-order valence-electron chi connectivity index (χ3n) is 3.18. The number of aryl methyl sites for hydroxylation is 2. The first-order valence-corrected chi connectivity index (χ1v) is 5.91. The highest BCUT2D eigenvalue weighted by atomic mass is 16.1. The Bertz CT molecular complexity index is 644. The van der Waals surface area contributed by atoms with Crippen LogP contribution in [-0.4, -0.2) is 9.78 Å². The molecule has 2 N–H and O–H groups in total. The molecule has 0 aliphatic rings. The van der Waals surface area contributed by atoms with Gasteiger partial charge in [0, 0.05) is 18.3 Å². The van der Waals surface area contributed by atoms with E-state index in [0.29, 0.717) is 5.69 Å². The summed E-state index contributed by atoms with van der Waals surface area (Å²) in [7, 11) is 0. The molecule has 0 aliphatic heterocycles. The van der Waals surface area contributed by atoms with Crippen molar-refractivity contribution in [2.24, 2.45) is 5.73 Å². The molecule has 0 atom stereocenters. The molecule has 0 radical (unpaired) electrons. The lowest BCUT2D eigenvalue weighted by Crippen LogP contribution is -2.21. The van der Waals surface area contributed by atoms with Gasteiger partial charge in [0.15, 0.2) is 0 Å². The second-order valence-electron chi connectivity index (χ2n) is 4.43. The Morgan fingerprint density at radius 1 is 1.28 bits per heavy atom. The van der Waals surface area contributed by atoms with E-state index in [2.05, 4.69) is 18.1 Å². The Balaban J connectivity index is 2.71. The molecule has 1 aromatic heterocycles. The van der Waals surface area contributed by atoms with E-state index >= 15 is 0 Å². The molecule has 0 spiro atoms. The van der Waals surface area contributed by atoms with E-state index in [4.69, 9.17) is 5.73 Å². The maximum atomic E-state index is 11.7. The summed E-state index contributed by atoms with van der Waals surface area (Å²) in [4.78, 5) is 11.7. The molecule has 0 saturated heterocycles. The van der Waals surface area contributed by atoms with Crippen LogP contribution in [0.1, 0.15) is 22.5 Å². The molecule has 0 unspecified atom stereocenters. The molecule has 94 valence electrons. The van der Waals surface area contributed by atoms with Crippen molar-refractivity contribution in [2.75, 3.05) is 0 Å². The summed E-state index contributed by atoms with van der Waals surface area (Å²) in [5.41, 5.74) is 9.98. The molecule has 2 aromatic rings. The first kappa shape index (κ1) is 12.5. The highest BCUT2D eigenvalue weighted by molar-refractivity contribution is 5.44. The third kappa shape index (κ3) is 2.07. The summed E-state index contributed by atoms with van der Waals surface area (Å²) in [6, 6.07) is 7.61. The van der Waals surface area contributed by atoms with Gasteiger partial charge in [0.1, 0.15) is 5.69 Å². The first-order chi connectivity index (χ1) is 8.54. The van der Waals surface area contributed by atoms with Crippen molar-refractivity contribution >= 4 is 0 Å². The predicted octanol–water partition coefficient (Wildman–Crippen LogP) is 1.62. The van der Waals surface area contributed by atoms with E-state index in [1.165, 1.54) is 5.56 Å². The van der Waals surface area contributed by atoms with Gasteiger partial charge in [-0.2, -0.15) is 5.10 Å². The molecule has 18 heavy (non-hydrogen) atoms. The van der Waals surface area contributed by atoms with Crippen LogP contribution in [0.5, 0.6) is 0 Å². The fourth-order valence-corrected chi connectivity index (χ4v) is 1.93. The number of nitrogens with zero attached hydrogens (tertiary/aromatic N) is 2. The summed E-state index contributed by atoms with van der Waals surface area (Å²) in [5.74, 6) is 0. The molecule has 1 heterocycles. The van der Waals surface area contributed by atoms with Crippen molar-refractivity contribution < 1.29 is 0 Å². The van der Waals surface area contributed by atoms with Gasteiger partial charge >= 0.3 is 0 Å². The summed E-state index contributed by atoms with van der Waals surface area (Å²) < 4.78 is 1.78. The van der Waals surface area contributed by atoms with Crippen LogP contribution in [-0.2, 0) is 6.54 Å². The van der Waals surface area contributed by atoms with Crippen molar-refractivity contribution in [3.63, 3.8) is 0 Å². The summed E-state index contributed by atoms with van der Waals surface area (Å²) in [6.45, 7) is 6.13. The molecule has 0 bridgehead atoms. The maximum absolute atomic E-state index is 11.7. The normalized spacial score (nSPS) is 10.7. The monoisotopic (exact) mass is 243 g/mol. The van der Waals surface area contributed by atoms with Crippen molar-refractivity contribution in [1.29, 1.82) is 0 Å². The molecule has 0 saturated carbocycles. The quantitative estimate of drug-likeness (QED) is 0.871. The number of nitrogens with two attached hydrogens (primary N) is 1. The van der Waals surface area contributed by atoms with Crippen molar-refractivity contribution in [3.8, 4) is 5.69 Å². The number of hydrogen-bond acceptors (Lipinski definition) is 3. The average Bonchev–Trinajstić information content (AvgIpc) is 2.34. The molecule has 0 fully saturated rings. The standard InChI is InChI=1S/C14H17N3O/c1-9-5-4-6-13(11(9)3)17-10(2)7-14(18)12(8-15)16-17/h4-7H,8,15H2,1-3H3. The van der Waals surface area contributed by atoms with Gasteiger partial charge in [-0.05, 0) is 38.0 Å². The van der Waals surface area contributed by atoms with E-state index in [1.807, 2.05) is 26.0 Å². The SMILES string of the molecule is Cc1cccc(-n2nc(CN)c(=O)cc2C)c1C. The average molecular weight is 243 g/mol. The fraction of sp³-hybridized carbons (Fsp3) is 0.286. The minimum absolute atomic E-state index is 0.100. The van der Waals surface area contributed by atoms with Crippen LogP contribution in [0.25, 0.3) is 5.69 Å². The molecule has 2 rings (SSSR count). The summed E-state index contributed by atoms with van der Waals surface area (Å²) in [6.07, 6.45) is 0. The van der Waals surface area contributed by atoms with Gasteiger partial charge in [0.25, 0.3) is 0 Å². The fourth-order valence-electron chi connectivity index (χ4n) is 1.93. The minimum Gasteiger partial charge on any atom is -0.325 e. The van der Waals surface area contributed by atoms with Gasteiger partial charge < -0.3 is 5.73 Å². The van der Waals surface area contributed by atoms with Gasteiger partial charge in [0.05, 0.1) is 5.69 Å². The van der Waals surface area contributed by atoms with Crippen LogP contribution < -0.4 is 11.2 Å². The Morgan fingerprint density at radius 2 is 2.00 bits per heavy atom. The zero-order chi connectivity index (χ0) is 13.3. The summed E-state index contributed by atoms with van der Waals surface area (Å²) >= 11 is 0. The van der Waals surface area contributed by atoms with Crippen LogP contribution in [0.2, 0.25) is 0 Å². The molecular weight excluding hydrogens is 226 g/mol. The van der Waals surface area contributed by atoms with Crippen molar-refractivity contribution in [3.05, 3.63) is 57.0 Å². The number of rotatable bonds is 2. The second-order valence-corrected chi connectivity index (χ2v) is 4.43. The second kappa shape index (κ2) is 4.74. The van der Waals surface area contributed by atoms with E-state index in [9.17, 15) is 4.79 Å². The Kier molecular flexibility index (Phi) is 3.30. The van der Waals surface area contributed by atoms with Crippen LogP contribution >= 0.6 is 0 Å². The number of hydrogen-bond donors (Lipinski definition) is 1. The third-order valence-corrected chi connectivity index (χ3v) is 3.18. The predicted molar refractivity (Wildman–Crippen MR) is 71.9 cm³/mol. The van der Waals surface area contributed by atoms with Crippen LogP contribution in [0.3, 0.4) is 0 Å². The molecule has 0 aliphatic carbocycles. The molecular formula is C14H17N3O. The lowest BCUT2D eigenvalue weighted by Gasteiger charge is -2.14. The highest BCUT2D eigenvalue weighted by Crippen LogP contribution is 2.17. The largest absolute Gasteiger partial charge is 0.325 e. The van der Waals surface area contributed by atoms with E-state index in [0.717, 1.165) is 16.9 Å². The van der Waals surface area contributed by atoms with Gasteiger partial charge in [-0.25, -0.2) is 4.68 Å². The van der Waals surface area contributed by atoms with Gasteiger partial charge in [-0.3, -0.25) is 4.79 Å². The number of benzene rings is 1. The highest BCUT2D eigenvalue weighted by Gasteiger charge is 2.09. The smallest absolute Gasteiger partial charge is 0.204 e. The Hall–Kier alpha value is -1.94. The van der Waals surface area contributed by atoms with E-state index in [1.54, 1.807) is 10.7 Å². The van der Waals surface area contributed by atoms with E-state index < -0.39 is 0 Å².